The molecule has 0 spiro atoms. The molecule has 1 aliphatic carbocycles. The molecule has 2 heterocycles. The van der Waals surface area contributed by atoms with Crippen LogP contribution in [0.15, 0.2) is 30.6 Å². The van der Waals surface area contributed by atoms with Gasteiger partial charge in [0.1, 0.15) is 11.1 Å². The Bertz CT molecular complexity index is 1040. The van der Waals surface area contributed by atoms with Gasteiger partial charge in [0, 0.05) is 31.0 Å². The fourth-order valence-electron chi connectivity index (χ4n) is 3.96. The first-order valence-electron chi connectivity index (χ1n) is 9.68. The van der Waals surface area contributed by atoms with Gasteiger partial charge in [-0.3, -0.25) is 4.98 Å². The zero-order valence-corrected chi connectivity index (χ0v) is 16.9. The van der Waals surface area contributed by atoms with Crippen molar-refractivity contribution < 1.29 is 17.6 Å². The van der Waals surface area contributed by atoms with Gasteiger partial charge < -0.3 is 10.2 Å². The second-order valence-corrected chi connectivity index (χ2v) is 9.36. The summed E-state index contributed by atoms with van der Waals surface area (Å²) < 4.78 is 41.6. The van der Waals surface area contributed by atoms with Crippen LogP contribution in [0.2, 0.25) is 0 Å². The summed E-state index contributed by atoms with van der Waals surface area (Å²) in [7, 11) is -3.77. The number of hydrogen-bond acceptors (Lipinski definition) is 5. The van der Waals surface area contributed by atoms with E-state index in [1.165, 1.54) is 6.07 Å². The third-order valence-corrected chi connectivity index (χ3v) is 7.27. The lowest BCUT2D eigenvalue weighted by Crippen LogP contribution is -2.58. The lowest BCUT2D eigenvalue weighted by Gasteiger charge is -2.37. The second-order valence-electron chi connectivity index (χ2n) is 7.40. The molecule has 9 heteroatoms. The molecule has 0 unspecified atom stereocenters. The molecule has 2 aliphatic rings. The van der Waals surface area contributed by atoms with E-state index in [1.54, 1.807) is 24.5 Å². The average molecular weight is 418 g/mol. The maximum absolute atomic E-state index is 14.6. The molecule has 1 aromatic heterocycles. The van der Waals surface area contributed by atoms with E-state index in [0.717, 1.165) is 18.5 Å². The third kappa shape index (κ3) is 3.84. The Labute approximate surface area is 169 Å². The summed E-state index contributed by atoms with van der Waals surface area (Å²) in [5.41, 5.74) is 2.98. The van der Waals surface area contributed by atoms with E-state index in [0.29, 0.717) is 48.3 Å². The van der Waals surface area contributed by atoms with Gasteiger partial charge in [0.15, 0.2) is 0 Å². The number of nitrogens with one attached hydrogen (secondary N) is 2. The molecular weight excluding hydrogens is 395 g/mol. The van der Waals surface area contributed by atoms with Gasteiger partial charge in [0.25, 0.3) is 0 Å². The standard InChI is InChI=1S/C20H23FN4O3S/c1-2-25-11-14(12-25)29(27,28)24-20(26)23-19-16-5-3-4-15(16)18(21)10-17(19)13-6-8-22-9-7-13/h6-10,14H,2-5,11-12H2,1H3,(H2,23,24,26). The summed E-state index contributed by atoms with van der Waals surface area (Å²) in [6, 6.07) is 4.03. The SMILES string of the molecule is CCN1CC(S(=O)(=O)NC(=O)Nc2c(-c3ccncc3)cc(F)c3c2CCC3)C1. The molecule has 0 atom stereocenters. The fraction of sp³-hybridized carbons (Fsp3) is 0.400. The minimum absolute atomic E-state index is 0.308. The van der Waals surface area contributed by atoms with Crippen LogP contribution in [0, 0.1) is 5.82 Å². The van der Waals surface area contributed by atoms with Crippen LogP contribution >= 0.6 is 0 Å². The number of carbonyl (C=O) groups is 1. The zero-order chi connectivity index (χ0) is 20.6. The molecule has 0 bridgehead atoms. The Morgan fingerprint density at radius 2 is 1.93 bits per heavy atom. The zero-order valence-electron chi connectivity index (χ0n) is 16.1. The molecule has 4 rings (SSSR count). The number of likely N-dealkylation sites (tertiary alicyclic amines) is 1. The molecule has 2 N–H and O–H groups in total. The first-order chi connectivity index (χ1) is 13.9. The molecule has 29 heavy (non-hydrogen) atoms. The number of fused-ring (bicyclic) bond motifs is 1. The van der Waals surface area contributed by atoms with Gasteiger partial charge in [-0.1, -0.05) is 6.92 Å². The molecular formula is C20H23FN4O3S. The van der Waals surface area contributed by atoms with Gasteiger partial charge in [-0.05, 0) is 60.7 Å². The Kier molecular flexibility index (Phi) is 5.26. The summed E-state index contributed by atoms with van der Waals surface area (Å²) >= 11 is 0. The lowest BCUT2D eigenvalue weighted by atomic mass is 9.97. The number of aromatic nitrogens is 1. The highest BCUT2D eigenvalue weighted by molar-refractivity contribution is 7.90. The van der Waals surface area contributed by atoms with Crippen molar-refractivity contribution in [1.82, 2.24) is 14.6 Å². The van der Waals surface area contributed by atoms with Gasteiger partial charge in [0.2, 0.25) is 10.0 Å². The number of anilines is 1. The summed E-state index contributed by atoms with van der Waals surface area (Å²) in [5, 5.41) is 2.09. The van der Waals surface area contributed by atoms with E-state index in [4.69, 9.17) is 0 Å². The second kappa shape index (κ2) is 7.72. The number of nitrogens with zero attached hydrogens (tertiary/aromatic N) is 2. The van der Waals surface area contributed by atoms with E-state index in [-0.39, 0.29) is 5.82 Å². The van der Waals surface area contributed by atoms with Crippen molar-refractivity contribution in [3.63, 3.8) is 0 Å². The Hall–Kier alpha value is -2.52. The molecule has 7 nitrogen and oxygen atoms in total. The fourth-order valence-corrected chi connectivity index (χ4v) is 5.25. The quantitative estimate of drug-likeness (QED) is 0.779. The molecule has 1 saturated heterocycles. The number of benzene rings is 1. The Morgan fingerprint density at radius 1 is 1.24 bits per heavy atom. The van der Waals surface area contributed by atoms with Gasteiger partial charge in [-0.25, -0.2) is 22.3 Å². The van der Waals surface area contributed by atoms with Gasteiger partial charge in [0.05, 0.1) is 5.69 Å². The minimum Gasteiger partial charge on any atom is -0.306 e. The molecule has 0 saturated carbocycles. The normalized spacial score (nSPS) is 16.9. The topological polar surface area (TPSA) is 91.4 Å². The number of amides is 2. The van der Waals surface area contributed by atoms with E-state index < -0.39 is 21.3 Å². The van der Waals surface area contributed by atoms with Gasteiger partial charge in [-0.15, -0.1) is 0 Å². The first-order valence-corrected chi connectivity index (χ1v) is 11.2. The smallest absolute Gasteiger partial charge is 0.306 e. The van der Waals surface area contributed by atoms with Crippen molar-refractivity contribution in [1.29, 1.82) is 0 Å². The predicted molar refractivity (Wildman–Crippen MR) is 109 cm³/mol. The molecule has 2 aromatic rings. The van der Waals surface area contributed by atoms with Gasteiger partial charge in [-0.2, -0.15) is 0 Å². The van der Waals surface area contributed by atoms with Crippen LogP contribution in [0.5, 0.6) is 0 Å². The van der Waals surface area contributed by atoms with Crippen molar-refractivity contribution in [2.75, 3.05) is 25.0 Å². The highest BCUT2D eigenvalue weighted by Gasteiger charge is 2.37. The summed E-state index contributed by atoms with van der Waals surface area (Å²) in [6.45, 7) is 3.55. The number of hydrogen-bond donors (Lipinski definition) is 2. The van der Waals surface area contributed by atoms with E-state index in [9.17, 15) is 17.6 Å². The number of urea groups is 1. The maximum Gasteiger partial charge on any atom is 0.332 e. The number of halogens is 1. The summed E-state index contributed by atoms with van der Waals surface area (Å²) in [6.07, 6.45) is 5.19. The van der Waals surface area contributed by atoms with Crippen molar-refractivity contribution >= 4 is 21.7 Å². The van der Waals surface area contributed by atoms with Crippen LogP contribution in [0.25, 0.3) is 11.1 Å². The molecule has 154 valence electrons. The van der Waals surface area contributed by atoms with Crippen LogP contribution in [0.1, 0.15) is 24.5 Å². The Morgan fingerprint density at radius 3 is 2.62 bits per heavy atom. The number of rotatable bonds is 5. The van der Waals surface area contributed by atoms with Crippen molar-refractivity contribution in [2.45, 2.75) is 31.4 Å². The molecule has 0 radical (unpaired) electrons. The highest BCUT2D eigenvalue weighted by atomic mass is 32.2. The number of sulfonamides is 1. The minimum atomic E-state index is -3.77. The van der Waals surface area contributed by atoms with E-state index >= 15 is 0 Å². The van der Waals surface area contributed by atoms with E-state index in [1.807, 2.05) is 11.8 Å². The molecule has 2 amide bonds. The number of pyridine rings is 1. The van der Waals surface area contributed by atoms with Gasteiger partial charge >= 0.3 is 6.03 Å². The average Bonchev–Trinajstić information content (AvgIpc) is 3.13. The van der Waals surface area contributed by atoms with Crippen molar-refractivity contribution in [3.8, 4) is 11.1 Å². The van der Waals surface area contributed by atoms with Crippen LogP contribution in [-0.4, -0.2) is 49.2 Å². The molecule has 1 aromatic carbocycles. The van der Waals surface area contributed by atoms with Crippen LogP contribution in [-0.2, 0) is 22.9 Å². The van der Waals surface area contributed by atoms with E-state index in [2.05, 4.69) is 15.0 Å². The largest absolute Gasteiger partial charge is 0.332 e. The van der Waals surface area contributed by atoms with Crippen molar-refractivity contribution in [2.24, 2.45) is 0 Å². The van der Waals surface area contributed by atoms with Crippen LogP contribution in [0.3, 0.4) is 0 Å². The highest BCUT2D eigenvalue weighted by Crippen LogP contribution is 2.39. The maximum atomic E-state index is 14.6. The predicted octanol–water partition coefficient (Wildman–Crippen LogP) is 2.53. The summed E-state index contributed by atoms with van der Waals surface area (Å²) in [5.74, 6) is -0.308. The van der Waals surface area contributed by atoms with Crippen LogP contribution < -0.4 is 10.0 Å². The number of carbonyl (C=O) groups excluding carboxylic acids is 1. The van der Waals surface area contributed by atoms with Crippen molar-refractivity contribution in [3.05, 3.63) is 47.5 Å². The third-order valence-electron chi connectivity index (χ3n) is 5.62. The molecule has 1 fully saturated rings. The molecule has 1 aliphatic heterocycles. The monoisotopic (exact) mass is 418 g/mol. The lowest BCUT2D eigenvalue weighted by molar-refractivity contribution is 0.194. The summed E-state index contributed by atoms with van der Waals surface area (Å²) in [4.78, 5) is 18.5. The Balaban J connectivity index is 1.61. The van der Waals surface area contributed by atoms with Crippen LogP contribution in [0.4, 0.5) is 14.9 Å². The first kappa shape index (κ1) is 19.8.